The predicted molar refractivity (Wildman–Crippen MR) is 115 cm³/mol. The van der Waals surface area contributed by atoms with Gasteiger partial charge in [-0.25, -0.2) is 0 Å². The molecule has 27 heavy (non-hydrogen) atoms. The number of aromatic amines is 2. The molecule has 3 N–H and O–H groups in total. The van der Waals surface area contributed by atoms with Gasteiger partial charge in [0.05, 0.1) is 0 Å². The SMILES string of the molecule is c1ccc2c(c1)[nH]c1cc(Nc3ccc4[nH]c5ccccc5c4c3)ccc12. The van der Waals surface area contributed by atoms with Crippen LogP contribution in [0.3, 0.4) is 0 Å². The number of fused-ring (bicyclic) bond motifs is 6. The molecule has 6 aromatic rings. The number of hydrogen-bond acceptors (Lipinski definition) is 1. The lowest BCUT2D eigenvalue weighted by Gasteiger charge is -2.07. The normalized spacial score (nSPS) is 11.7. The predicted octanol–water partition coefficient (Wildman–Crippen LogP) is 6.70. The van der Waals surface area contributed by atoms with E-state index in [1.54, 1.807) is 0 Å². The van der Waals surface area contributed by atoms with Crippen LogP contribution in [0, 0.1) is 0 Å². The van der Waals surface area contributed by atoms with Crippen LogP contribution < -0.4 is 5.32 Å². The highest BCUT2D eigenvalue weighted by molar-refractivity contribution is 6.09. The Hall–Kier alpha value is -3.72. The number of nitrogens with one attached hydrogen (secondary N) is 3. The molecule has 0 spiro atoms. The quantitative estimate of drug-likeness (QED) is 0.320. The molecular formula is C24H17N3. The fourth-order valence-corrected chi connectivity index (χ4v) is 4.02. The molecule has 0 aliphatic rings. The van der Waals surface area contributed by atoms with Gasteiger partial charge >= 0.3 is 0 Å². The number of rotatable bonds is 2. The van der Waals surface area contributed by atoms with Gasteiger partial charge in [0.15, 0.2) is 0 Å². The van der Waals surface area contributed by atoms with E-state index in [1.165, 1.54) is 32.6 Å². The molecule has 0 aliphatic heterocycles. The number of benzene rings is 4. The zero-order chi connectivity index (χ0) is 17.8. The summed E-state index contributed by atoms with van der Waals surface area (Å²) in [6.45, 7) is 0. The maximum atomic E-state index is 3.55. The summed E-state index contributed by atoms with van der Waals surface area (Å²) in [6.07, 6.45) is 0. The Morgan fingerprint density at radius 2 is 1.00 bits per heavy atom. The van der Waals surface area contributed by atoms with Crippen LogP contribution in [0.5, 0.6) is 0 Å². The lowest BCUT2D eigenvalue weighted by molar-refractivity contribution is 1.52. The van der Waals surface area contributed by atoms with Gasteiger partial charge < -0.3 is 15.3 Å². The van der Waals surface area contributed by atoms with E-state index in [1.807, 2.05) is 0 Å². The first-order valence-electron chi connectivity index (χ1n) is 9.13. The first kappa shape index (κ1) is 14.4. The standard InChI is InChI=1S/C24H17N3/c1-3-7-21-17(5-1)19-11-9-16(14-24(19)27-21)25-15-10-12-23-20(13-15)18-6-2-4-8-22(18)26-23/h1-14,25-27H. The van der Waals surface area contributed by atoms with E-state index in [0.29, 0.717) is 0 Å². The molecule has 0 saturated heterocycles. The Morgan fingerprint density at radius 3 is 1.81 bits per heavy atom. The molecule has 3 heteroatoms. The molecular weight excluding hydrogens is 330 g/mol. The molecule has 2 heterocycles. The van der Waals surface area contributed by atoms with Gasteiger partial charge in [-0.15, -0.1) is 0 Å². The van der Waals surface area contributed by atoms with Crippen LogP contribution in [-0.2, 0) is 0 Å². The molecule has 0 radical (unpaired) electrons. The molecule has 0 aliphatic carbocycles. The molecule has 128 valence electrons. The van der Waals surface area contributed by atoms with Crippen LogP contribution in [0.4, 0.5) is 11.4 Å². The van der Waals surface area contributed by atoms with Crippen LogP contribution in [0.2, 0.25) is 0 Å². The van der Waals surface area contributed by atoms with Gasteiger partial charge in [0.1, 0.15) is 0 Å². The second kappa shape index (κ2) is 5.39. The summed E-state index contributed by atoms with van der Waals surface area (Å²) in [5.41, 5.74) is 6.81. The lowest BCUT2D eigenvalue weighted by atomic mass is 10.1. The fraction of sp³-hybridized carbons (Fsp3) is 0. The van der Waals surface area contributed by atoms with Gasteiger partial charge in [-0.05, 0) is 42.5 Å². The van der Waals surface area contributed by atoms with E-state index in [-0.39, 0.29) is 0 Å². The summed E-state index contributed by atoms with van der Waals surface area (Å²) >= 11 is 0. The summed E-state index contributed by atoms with van der Waals surface area (Å²) in [6, 6.07) is 29.8. The topological polar surface area (TPSA) is 43.6 Å². The number of anilines is 2. The van der Waals surface area contributed by atoms with Gasteiger partial charge in [-0.2, -0.15) is 0 Å². The molecule has 0 unspecified atom stereocenters. The van der Waals surface area contributed by atoms with Crippen LogP contribution in [-0.4, -0.2) is 9.97 Å². The summed E-state index contributed by atoms with van der Waals surface area (Å²) in [5, 5.41) is 8.56. The van der Waals surface area contributed by atoms with Gasteiger partial charge in [0, 0.05) is 55.0 Å². The summed E-state index contributed by atoms with van der Waals surface area (Å²) in [7, 11) is 0. The Bertz CT molecular complexity index is 1450. The number of para-hydroxylation sites is 2. The van der Waals surface area contributed by atoms with Gasteiger partial charge in [0.25, 0.3) is 0 Å². The summed E-state index contributed by atoms with van der Waals surface area (Å²) in [5.74, 6) is 0. The molecule has 4 aromatic carbocycles. The van der Waals surface area contributed by atoms with Crippen molar-refractivity contribution in [1.29, 1.82) is 0 Å². The van der Waals surface area contributed by atoms with Crippen molar-refractivity contribution in [2.75, 3.05) is 5.32 Å². The highest BCUT2D eigenvalue weighted by atomic mass is 14.9. The van der Waals surface area contributed by atoms with Crippen molar-refractivity contribution >= 4 is 55.0 Å². The number of aromatic nitrogens is 2. The summed E-state index contributed by atoms with van der Waals surface area (Å²) in [4.78, 5) is 6.98. The minimum atomic E-state index is 1.08. The van der Waals surface area contributed by atoms with Gasteiger partial charge in [0.2, 0.25) is 0 Å². The maximum Gasteiger partial charge on any atom is 0.0485 e. The largest absolute Gasteiger partial charge is 0.355 e. The van der Waals surface area contributed by atoms with E-state index < -0.39 is 0 Å². The minimum absolute atomic E-state index is 1.08. The van der Waals surface area contributed by atoms with Crippen molar-refractivity contribution in [3.8, 4) is 0 Å². The lowest BCUT2D eigenvalue weighted by Crippen LogP contribution is -1.89. The van der Waals surface area contributed by atoms with E-state index in [4.69, 9.17) is 0 Å². The third-order valence-corrected chi connectivity index (χ3v) is 5.30. The van der Waals surface area contributed by atoms with Crippen molar-refractivity contribution in [2.24, 2.45) is 0 Å². The maximum absolute atomic E-state index is 3.55. The first-order chi connectivity index (χ1) is 13.3. The highest BCUT2D eigenvalue weighted by Gasteiger charge is 2.07. The van der Waals surface area contributed by atoms with Crippen molar-refractivity contribution in [3.05, 3.63) is 84.9 Å². The number of hydrogen-bond donors (Lipinski definition) is 3. The molecule has 2 aromatic heterocycles. The van der Waals surface area contributed by atoms with E-state index in [9.17, 15) is 0 Å². The molecule has 3 nitrogen and oxygen atoms in total. The molecule has 0 bridgehead atoms. The van der Waals surface area contributed by atoms with Crippen molar-refractivity contribution in [3.63, 3.8) is 0 Å². The Labute approximate surface area is 155 Å². The summed E-state index contributed by atoms with van der Waals surface area (Å²) < 4.78 is 0. The molecule has 0 amide bonds. The smallest absolute Gasteiger partial charge is 0.0485 e. The molecule has 0 atom stereocenters. The van der Waals surface area contributed by atoms with Crippen LogP contribution in [0.15, 0.2) is 84.9 Å². The Morgan fingerprint density at radius 1 is 0.444 bits per heavy atom. The zero-order valence-corrected chi connectivity index (χ0v) is 14.6. The molecule has 0 fully saturated rings. The van der Waals surface area contributed by atoms with Crippen molar-refractivity contribution in [2.45, 2.75) is 0 Å². The second-order valence-corrected chi connectivity index (χ2v) is 6.99. The van der Waals surface area contributed by atoms with Crippen LogP contribution in [0.25, 0.3) is 43.6 Å². The zero-order valence-electron chi connectivity index (χ0n) is 14.6. The third kappa shape index (κ3) is 2.22. The molecule has 0 saturated carbocycles. The average Bonchev–Trinajstić information content (AvgIpc) is 3.25. The highest BCUT2D eigenvalue weighted by Crippen LogP contribution is 2.31. The minimum Gasteiger partial charge on any atom is -0.355 e. The number of H-pyrrole nitrogens is 2. The van der Waals surface area contributed by atoms with E-state index >= 15 is 0 Å². The third-order valence-electron chi connectivity index (χ3n) is 5.30. The molecule has 6 rings (SSSR count). The van der Waals surface area contributed by atoms with Crippen LogP contribution >= 0.6 is 0 Å². The average molecular weight is 347 g/mol. The van der Waals surface area contributed by atoms with Crippen molar-refractivity contribution < 1.29 is 0 Å². The van der Waals surface area contributed by atoms with Gasteiger partial charge in [-0.1, -0.05) is 42.5 Å². The second-order valence-electron chi connectivity index (χ2n) is 6.99. The fourth-order valence-electron chi connectivity index (χ4n) is 4.02. The monoisotopic (exact) mass is 347 g/mol. The van der Waals surface area contributed by atoms with E-state index in [2.05, 4.69) is 100 Å². The van der Waals surface area contributed by atoms with Gasteiger partial charge in [-0.3, -0.25) is 0 Å². The first-order valence-corrected chi connectivity index (χ1v) is 9.13. The van der Waals surface area contributed by atoms with Crippen LogP contribution in [0.1, 0.15) is 0 Å². The Balaban J connectivity index is 1.44. The Kier molecular flexibility index (Phi) is 2.88. The van der Waals surface area contributed by atoms with E-state index in [0.717, 1.165) is 22.4 Å². The van der Waals surface area contributed by atoms with Crippen molar-refractivity contribution in [1.82, 2.24) is 9.97 Å².